The molecule has 0 saturated heterocycles. The molecule has 0 aliphatic heterocycles. The molecule has 0 fully saturated rings. The van der Waals surface area contributed by atoms with Crippen molar-refractivity contribution in [1.82, 2.24) is 20.6 Å². The molecule has 3 atom stereocenters. The Morgan fingerprint density at radius 3 is 2.31 bits per heavy atom. The Kier molecular flexibility index (Phi) is 11.5. The number of hydrogen-bond acceptors (Lipinski definition) is 9. The molecular weight excluding hydrogens is 626 g/mol. The maximum absolute atomic E-state index is 13.0. The topological polar surface area (TPSA) is 239 Å². The van der Waals surface area contributed by atoms with E-state index in [2.05, 4.69) is 26.5 Å². The Hall–Kier alpha value is -5.75. The number of benzene rings is 2. The largest absolute Gasteiger partial charge is 0.481 e. The lowest BCUT2D eigenvalue weighted by molar-refractivity contribution is -0.143. The third-order valence-corrected chi connectivity index (χ3v) is 8.09. The van der Waals surface area contributed by atoms with Crippen molar-refractivity contribution in [2.75, 3.05) is 11.4 Å². The summed E-state index contributed by atoms with van der Waals surface area (Å²) in [5.74, 6) is -2.42. The summed E-state index contributed by atoms with van der Waals surface area (Å²) in [4.78, 5) is 80.5. The number of carboxylic acids is 3. The summed E-state index contributed by atoms with van der Waals surface area (Å²) in [5, 5.41) is 42.1. The van der Waals surface area contributed by atoms with Gasteiger partial charge in [-0.15, -0.1) is 6.42 Å². The van der Waals surface area contributed by atoms with Crippen molar-refractivity contribution in [3.05, 3.63) is 69.3 Å². The van der Waals surface area contributed by atoms with Crippen LogP contribution in [0.25, 0.3) is 10.9 Å². The predicted molar refractivity (Wildman–Crippen MR) is 171 cm³/mol. The van der Waals surface area contributed by atoms with Crippen molar-refractivity contribution in [2.45, 2.75) is 69.7 Å². The van der Waals surface area contributed by atoms with Crippen LogP contribution in [0, 0.1) is 12.3 Å². The quantitative estimate of drug-likeness (QED) is 0.108. The average molecular weight is 662 g/mol. The second-order valence-electron chi connectivity index (χ2n) is 11.3. The molecule has 2 amide bonds. The number of H-pyrrole nitrogens is 1. The fourth-order valence-electron chi connectivity index (χ4n) is 5.71. The molecule has 48 heavy (non-hydrogen) atoms. The first-order valence-electron chi connectivity index (χ1n) is 15.2. The first-order valence-corrected chi connectivity index (χ1v) is 15.2. The first kappa shape index (κ1) is 35.1. The Morgan fingerprint density at radius 1 is 1.00 bits per heavy atom. The minimum atomic E-state index is -1.39. The number of aliphatic hydroxyl groups excluding tert-OH is 1. The summed E-state index contributed by atoms with van der Waals surface area (Å²) >= 11 is 0. The van der Waals surface area contributed by atoms with Crippen LogP contribution in [0.5, 0.6) is 0 Å². The number of aliphatic carboxylic acids is 3. The zero-order valence-corrected chi connectivity index (χ0v) is 25.8. The van der Waals surface area contributed by atoms with Crippen LogP contribution in [0.4, 0.5) is 5.69 Å². The van der Waals surface area contributed by atoms with E-state index in [1.807, 2.05) is 11.0 Å². The molecule has 1 aliphatic carbocycles. The van der Waals surface area contributed by atoms with Crippen LogP contribution in [0.15, 0.2) is 41.2 Å². The van der Waals surface area contributed by atoms with Gasteiger partial charge in [0.1, 0.15) is 24.5 Å². The van der Waals surface area contributed by atoms with Crippen molar-refractivity contribution >= 4 is 46.3 Å². The molecule has 2 aromatic carbocycles. The lowest BCUT2D eigenvalue weighted by Crippen LogP contribution is -2.42. The highest BCUT2D eigenvalue weighted by Crippen LogP contribution is 2.39. The van der Waals surface area contributed by atoms with E-state index in [1.54, 1.807) is 18.2 Å². The molecule has 0 radical (unpaired) electrons. The van der Waals surface area contributed by atoms with E-state index in [4.69, 9.17) is 11.5 Å². The Balaban J connectivity index is 1.40. The Morgan fingerprint density at radius 2 is 1.69 bits per heavy atom. The number of anilines is 1. The van der Waals surface area contributed by atoms with Crippen molar-refractivity contribution in [2.24, 2.45) is 0 Å². The normalized spacial score (nSPS) is 14.7. The predicted octanol–water partition coefficient (Wildman–Crippen LogP) is 1.33. The fraction of sp³-hybridized carbons (Fsp3) is 0.364. The molecule has 0 saturated carbocycles. The third-order valence-electron chi connectivity index (χ3n) is 8.09. The van der Waals surface area contributed by atoms with Gasteiger partial charge in [-0.25, -0.2) is 14.6 Å². The molecule has 1 heterocycles. The zero-order valence-electron chi connectivity index (χ0n) is 25.8. The third kappa shape index (κ3) is 8.53. The smallest absolute Gasteiger partial charge is 0.326 e. The second-order valence-corrected chi connectivity index (χ2v) is 11.3. The monoisotopic (exact) mass is 661 g/mol. The number of carbonyl (C=O) groups excluding carboxylic acids is 2. The highest BCUT2D eigenvalue weighted by Gasteiger charge is 2.30. The van der Waals surface area contributed by atoms with Gasteiger partial charge in [0.15, 0.2) is 0 Å². The van der Waals surface area contributed by atoms with E-state index < -0.39 is 48.2 Å². The number of rotatable bonds is 16. The number of carboxylic acid groups (broad SMARTS) is 3. The van der Waals surface area contributed by atoms with Gasteiger partial charge < -0.3 is 40.9 Å². The maximum atomic E-state index is 13.0. The van der Waals surface area contributed by atoms with Crippen molar-refractivity contribution in [3.63, 3.8) is 0 Å². The van der Waals surface area contributed by atoms with Gasteiger partial charge in [0.05, 0.1) is 23.5 Å². The minimum absolute atomic E-state index is 0.0109. The SMILES string of the molecule is C#CCN(c1ccc(C(=O)N[C@@H](CCCC(=O)N[C@H](CCC(=O)O)C(=O)O)C(=O)O)cc1)[C@H]1CCc2cc3nc(CO)[nH]c(=O)c3cc21. The highest BCUT2D eigenvalue weighted by molar-refractivity contribution is 5.97. The van der Waals surface area contributed by atoms with E-state index in [9.17, 15) is 44.1 Å². The minimum Gasteiger partial charge on any atom is -0.481 e. The van der Waals surface area contributed by atoms with Crippen LogP contribution in [-0.4, -0.2) is 78.7 Å². The van der Waals surface area contributed by atoms with Gasteiger partial charge >= 0.3 is 17.9 Å². The van der Waals surface area contributed by atoms with Crippen LogP contribution >= 0.6 is 0 Å². The number of carbonyl (C=O) groups is 5. The van der Waals surface area contributed by atoms with Crippen molar-refractivity contribution < 1.29 is 44.4 Å². The fourth-order valence-corrected chi connectivity index (χ4v) is 5.71. The summed E-state index contributed by atoms with van der Waals surface area (Å²) in [7, 11) is 0. The standard InChI is InChI=1S/C33H35N5O10/c1-2-14-38(26-12-8-19-15-25-22(16-21(19)26)31(44)37-27(17-39)34-25)20-9-6-18(7-10-20)30(43)36-23(32(45)46)4-3-5-28(40)35-24(33(47)48)11-13-29(41)42/h1,6-7,9-10,15-16,23-24,26,39H,3-5,8,11-14,17H2,(H,35,40)(H,36,43)(H,41,42)(H,45,46)(H,47,48)(H,34,37,44)/t23-,24+,26-/m0/s1. The van der Waals surface area contributed by atoms with E-state index in [0.717, 1.165) is 11.1 Å². The average Bonchev–Trinajstić information content (AvgIpc) is 3.46. The summed E-state index contributed by atoms with van der Waals surface area (Å²) < 4.78 is 0. The number of fused-ring (bicyclic) bond motifs is 2. The van der Waals surface area contributed by atoms with Crippen molar-refractivity contribution in [1.29, 1.82) is 0 Å². The number of aromatic amines is 1. The molecule has 7 N–H and O–H groups in total. The maximum Gasteiger partial charge on any atom is 0.326 e. The summed E-state index contributed by atoms with van der Waals surface area (Å²) in [6.07, 6.45) is 6.03. The number of amides is 2. The van der Waals surface area contributed by atoms with Gasteiger partial charge in [0, 0.05) is 24.1 Å². The highest BCUT2D eigenvalue weighted by atomic mass is 16.4. The van der Waals surface area contributed by atoms with Gasteiger partial charge in [-0.2, -0.15) is 0 Å². The van der Waals surface area contributed by atoms with Crippen LogP contribution in [0.3, 0.4) is 0 Å². The number of nitrogens with one attached hydrogen (secondary N) is 3. The lowest BCUT2D eigenvalue weighted by Gasteiger charge is -2.30. The van der Waals surface area contributed by atoms with Crippen molar-refractivity contribution in [3.8, 4) is 12.3 Å². The molecule has 4 rings (SSSR count). The molecule has 3 aromatic rings. The summed E-state index contributed by atoms with van der Waals surface area (Å²) in [5.41, 5.74) is 2.93. The second kappa shape index (κ2) is 15.7. The molecule has 15 heteroatoms. The molecule has 252 valence electrons. The molecule has 0 bridgehead atoms. The first-order chi connectivity index (χ1) is 22.9. The van der Waals surface area contributed by atoms with Gasteiger partial charge in [-0.05, 0) is 79.6 Å². The van der Waals surface area contributed by atoms with Gasteiger partial charge in [0.2, 0.25) is 5.91 Å². The number of terminal acetylenes is 1. The van der Waals surface area contributed by atoms with Crippen LogP contribution in [-0.2, 0) is 32.2 Å². The van der Waals surface area contributed by atoms with Gasteiger partial charge in [-0.1, -0.05) is 5.92 Å². The van der Waals surface area contributed by atoms with Gasteiger partial charge in [0.25, 0.3) is 11.5 Å². The van der Waals surface area contributed by atoms with E-state index in [1.165, 1.54) is 12.1 Å². The van der Waals surface area contributed by atoms with Crippen LogP contribution in [0.2, 0.25) is 0 Å². The van der Waals surface area contributed by atoms with E-state index in [-0.39, 0.29) is 61.8 Å². The zero-order chi connectivity index (χ0) is 35.0. The van der Waals surface area contributed by atoms with E-state index in [0.29, 0.717) is 29.4 Å². The lowest BCUT2D eigenvalue weighted by atomic mass is 10.0. The number of aliphatic hydroxyl groups is 1. The number of nitrogens with zero attached hydrogens (tertiary/aromatic N) is 2. The molecule has 15 nitrogen and oxygen atoms in total. The van der Waals surface area contributed by atoms with Gasteiger partial charge in [-0.3, -0.25) is 19.2 Å². The molecular formula is C33H35N5O10. The Labute approximate surface area is 274 Å². The number of aryl methyl sites for hydroxylation is 1. The number of aromatic nitrogens is 2. The van der Waals surface area contributed by atoms with Crippen LogP contribution < -0.4 is 21.1 Å². The molecule has 1 aromatic heterocycles. The summed E-state index contributed by atoms with van der Waals surface area (Å²) in [6, 6.07) is 7.19. The van der Waals surface area contributed by atoms with Crippen LogP contribution in [0.1, 0.15) is 71.9 Å². The van der Waals surface area contributed by atoms with E-state index >= 15 is 0 Å². The summed E-state index contributed by atoms with van der Waals surface area (Å²) in [6.45, 7) is -0.160. The molecule has 0 unspecified atom stereocenters. The molecule has 0 spiro atoms. The number of hydrogen-bond donors (Lipinski definition) is 7. The Bertz CT molecular complexity index is 1810. The molecule has 1 aliphatic rings.